The summed E-state index contributed by atoms with van der Waals surface area (Å²) in [5, 5.41) is 1.09. The zero-order valence-corrected chi connectivity index (χ0v) is 13.7. The molecule has 0 atom stereocenters. The van der Waals surface area contributed by atoms with Gasteiger partial charge in [0.1, 0.15) is 16.6 Å². The number of hydrogen-bond donors (Lipinski definition) is 1. The molecular weight excluding hydrogens is 322 g/mol. The number of pyridine rings is 1. The van der Waals surface area contributed by atoms with E-state index < -0.39 is 0 Å². The highest BCUT2D eigenvalue weighted by atomic mass is 15.1. The Labute approximate surface area is 148 Å². The first kappa shape index (κ1) is 13.5. The van der Waals surface area contributed by atoms with Gasteiger partial charge in [-0.25, -0.2) is 9.97 Å². The maximum Gasteiger partial charge on any atom is 0.166 e. The Morgan fingerprint density at radius 2 is 1.58 bits per heavy atom. The van der Waals surface area contributed by atoms with Gasteiger partial charge in [-0.2, -0.15) is 0 Å². The van der Waals surface area contributed by atoms with Gasteiger partial charge in [0.2, 0.25) is 0 Å². The fraction of sp³-hybridized carbons (Fsp3) is 0. The van der Waals surface area contributed by atoms with E-state index in [0.717, 1.165) is 50.0 Å². The van der Waals surface area contributed by atoms with Crippen LogP contribution in [0.15, 0.2) is 72.9 Å². The summed E-state index contributed by atoms with van der Waals surface area (Å²) < 4.78 is 2.16. The lowest BCUT2D eigenvalue weighted by Crippen LogP contribution is -1.95. The molecule has 0 amide bonds. The molecule has 0 aliphatic heterocycles. The molecule has 6 rings (SSSR count). The molecule has 26 heavy (non-hydrogen) atoms. The lowest BCUT2D eigenvalue weighted by atomic mass is 10.2. The first-order valence-electron chi connectivity index (χ1n) is 8.49. The third-order valence-electron chi connectivity index (χ3n) is 4.79. The molecule has 5 nitrogen and oxygen atoms in total. The normalized spacial score (nSPS) is 11.8. The highest BCUT2D eigenvalue weighted by Gasteiger charge is 2.17. The molecule has 0 aliphatic rings. The summed E-state index contributed by atoms with van der Waals surface area (Å²) in [7, 11) is 0. The molecule has 0 saturated carbocycles. The summed E-state index contributed by atoms with van der Waals surface area (Å²) in [5.74, 6) is 0. The molecule has 0 saturated heterocycles. The SMILES string of the molecule is c1ccc(-n2c3ccccc3c3nc4c(nc32)[nH]c2cccnc24)cc1. The van der Waals surface area contributed by atoms with Gasteiger partial charge < -0.3 is 4.98 Å². The highest BCUT2D eigenvalue weighted by molar-refractivity contribution is 6.10. The minimum absolute atomic E-state index is 0.756. The van der Waals surface area contributed by atoms with Crippen molar-refractivity contribution in [1.82, 2.24) is 24.5 Å². The third kappa shape index (κ3) is 1.71. The van der Waals surface area contributed by atoms with E-state index in [-0.39, 0.29) is 0 Å². The van der Waals surface area contributed by atoms with E-state index in [4.69, 9.17) is 9.97 Å². The summed E-state index contributed by atoms with van der Waals surface area (Å²) in [6, 6.07) is 22.5. The molecule has 5 heteroatoms. The van der Waals surface area contributed by atoms with Crippen molar-refractivity contribution in [2.45, 2.75) is 0 Å². The van der Waals surface area contributed by atoms with Crippen molar-refractivity contribution in [3.8, 4) is 5.69 Å². The van der Waals surface area contributed by atoms with E-state index in [1.54, 1.807) is 6.20 Å². The van der Waals surface area contributed by atoms with Crippen LogP contribution in [0.2, 0.25) is 0 Å². The van der Waals surface area contributed by atoms with Crippen LogP contribution in [0.1, 0.15) is 0 Å². The molecule has 0 radical (unpaired) electrons. The first-order valence-corrected chi connectivity index (χ1v) is 8.49. The third-order valence-corrected chi connectivity index (χ3v) is 4.79. The minimum atomic E-state index is 0.756. The lowest BCUT2D eigenvalue weighted by Gasteiger charge is -2.06. The topological polar surface area (TPSA) is 59.4 Å². The predicted octanol–water partition coefficient (Wildman–Crippen LogP) is 4.60. The van der Waals surface area contributed by atoms with Crippen molar-refractivity contribution in [3.05, 3.63) is 72.9 Å². The van der Waals surface area contributed by atoms with Crippen LogP contribution in [0.5, 0.6) is 0 Å². The second-order valence-corrected chi connectivity index (χ2v) is 6.31. The van der Waals surface area contributed by atoms with E-state index >= 15 is 0 Å². The molecule has 1 N–H and O–H groups in total. The second-order valence-electron chi connectivity index (χ2n) is 6.31. The Kier molecular flexibility index (Phi) is 2.55. The average molecular weight is 335 g/mol. The molecule has 4 heterocycles. The first-order chi connectivity index (χ1) is 12.9. The summed E-state index contributed by atoms with van der Waals surface area (Å²) >= 11 is 0. The van der Waals surface area contributed by atoms with Gasteiger partial charge in [-0.1, -0.05) is 36.4 Å². The van der Waals surface area contributed by atoms with Gasteiger partial charge in [0.15, 0.2) is 11.3 Å². The maximum absolute atomic E-state index is 4.96. The molecule has 0 bridgehead atoms. The van der Waals surface area contributed by atoms with Gasteiger partial charge in [-0.15, -0.1) is 0 Å². The number of aromatic nitrogens is 5. The number of benzene rings is 2. The number of nitrogens with one attached hydrogen (secondary N) is 1. The van der Waals surface area contributed by atoms with Gasteiger partial charge in [-0.3, -0.25) is 9.55 Å². The van der Waals surface area contributed by atoms with E-state index in [0.29, 0.717) is 0 Å². The molecule has 0 spiro atoms. The van der Waals surface area contributed by atoms with Crippen LogP contribution >= 0.6 is 0 Å². The lowest BCUT2D eigenvalue weighted by molar-refractivity contribution is 1.14. The molecule has 2 aromatic carbocycles. The summed E-state index contributed by atoms with van der Waals surface area (Å²) in [5.41, 5.74) is 7.27. The van der Waals surface area contributed by atoms with E-state index in [9.17, 15) is 0 Å². The van der Waals surface area contributed by atoms with Crippen molar-refractivity contribution in [1.29, 1.82) is 0 Å². The summed E-state index contributed by atoms with van der Waals surface area (Å²) in [6.45, 7) is 0. The van der Waals surface area contributed by atoms with Crippen molar-refractivity contribution < 1.29 is 0 Å². The Morgan fingerprint density at radius 1 is 0.731 bits per heavy atom. The quantitative estimate of drug-likeness (QED) is 0.477. The monoisotopic (exact) mass is 335 g/mol. The largest absolute Gasteiger partial charge is 0.336 e. The Bertz CT molecular complexity index is 1430. The van der Waals surface area contributed by atoms with E-state index in [1.165, 1.54) is 0 Å². The number of para-hydroxylation sites is 2. The Hall–Kier alpha value is -3.73. The number of rotatable bonds is 1. The van der Waals surface area contributed by atoms with Crippen LogP contribution in [-0.4, -0.2) is 24.5 Å². The van der Waals surface area contributed by atoms with E-state index in [1.807, 2.05) is 42.5 Å². The predicted molar refractivity (Wildman–Crippen MR) is 104 cm³/mol. The van der Waals surface area contributed by atoms with Gasteiger partial charge in [-0.05, 0) is 30.3 Å². The van der Waals surface area contributed by atoms with Crippen LogP contribution in [0.3, 0.4) is 0 Å². The molecule has 0 unspecified atom stereocenters. The fourth-order valence-corrected chi connectivity index (χ4v) is 3.66. The van der Waals surface area contributed by atoms with Crippen molar-refractivity contribution in [2.75, 3.05) is 0 Å². The summed E-state index contributed by atoms with van der Waals surface area (Å²) in [6.07, 6.45) is 1.79. The molecule has 0 fully saturated rings. The van der Waals surface area contributed by atoms with Crippen molar-refractivity contribution >= 4 is 44.3 Å². The zero-order valence-electron chi connectivity index (χ0n) is 13.7. The second kappa shape index (κ2) is 4.89. The average Bonchev–Trinajstić information content (AvgIpc) is 3.22. The molecule has 122 valence electrons. The van der Waals surface area contributed by atoms with Gasteiger partial charge in [0.05, 0.1) is 11.0 Å². The highest BCUT2D eigenvalue weighted by Crippen LogP contribution is 2.32. The maximum atomic E-state index is 4.96. The van der Waals surface area contributed by atoms with Crippen LogP contribution in [-0.2, 0) is 0 Å². The van der Waals surface area contributed by atoms with Crippen LogP contribution in [0.4, 0.5) is 0 Å². The van der Waals surface area contributed by atoms with Crippen molar-refractivity contribution in [2.24, 2.45) is 0 Å². The molecule has 4 aromatic heterocycles. The van der Waals surface area contributed by atoms with Crippen LogP contribution in [0.25, 0.3) is 50.0 Å². The molecule has 0 aliphatic carbocycles. The van der Waals surface area contributed by atoms with E-state index in [2.05, 4.69) is 38.8 Å². The Morgan fingerprint density at radius 3 is 2.50 bits per heavy atom. The molecule has 6 aromatic rings. The summed E-state index contributed by atoms with van der Waals surface area (Å²) in [4.78, 5) is 17.7. The van der Waals surface area contributed by atoms with Gasteiger partial charge in [0.25, 0.3) is 0 Å². The van der Waals surface area contributed by atoms with Gasteiger partial charge in [0, 0.05) is 17.3 Å². The standard InChI is InChI=1S/C21H13N5/c1-2-7-13(8-3-1)26-16-11-5-4-9-14(16)17-21(26)25-20-19(24-17)18-15(23-20)10-6-12-22-18/h1-12H,(H,23,25). The number of hydrogen-bond acceptors (Lipinski definition) is 3. The van der Waals surface area contributed by atoms with Gasteiger partial charge >= 0.3 is 0 Å². The van der Waals surface area contributed by atoms with Crippen LogP contribution in [0, 0.1) is 0 Å². The van der Waals surface area contributed by atoms with Crippen molar-refractivity contribution in [3.63, 3.8) is 0 Å². The Balaban J connectivity index is 1.85. The smallest absolute Gasteiger partial charge is 0.166 e. The van der Waals surface area contributed by atoms with Crippen LogP contribution < -0.4 is 0 Å². The number of fused-ring (bicyclic) bond motifs is 6. The zero-order chi connectivity index (χ0) is 17.1. The number of H-pyrrole nitrogens is 1. The minimum Gasteiger partial charge on any atom is -0.336 e. The fourth-order valence-electron chi connectivity index (χ4n) is 3.66. The number of aromatic amines is 1. The molecular formula is C21H13N5. The number of nitrogens with zero attached hydrogens (tertiary/aromatic N) is 4.